The van der Waals surface area contributed by atoms with E-state index >= 15 is 0 Å². The van der Waals surface area contributed by atoms with Gasteiger partial charge >= 0.3 is 0 Å². The lowest BCUT2D eigenvalue weighted by molar-refractivity contribution is -0.475. The van der Waals surface area contributed by atoms with Crippen molar-refractivity contribution < 1.29 is 30.3 Å². The van der Waals surface area contributed by atoms with Crippen LogP contribution in [0, 0.1) is 34.0 Å². The molecule has 6 nitrogen and oxygen atoms in total. The predicted octanol–water partition coefficient (Wildman–Crippen LogP) is 0.167. The summed E-state index contributed by atoms with van der Waals surface area (Å²) >= 11 is 0. The van der Waals surface area contributed by atoms with Gasteiger partial charge in [-0.2, -0.15) is 0 Å². The minimum absolute atomic E-state index is 0.231. The van der Waals surface area contributed by atoms with Crippen LogP contribution in [0.1, 0.15) is 39.5 Å². The third kappa shape index (κ3) is 1.49. The molecular formula is C20H30O6. The molecule has 4 aliphatic carbocycles. The zero-order valence-electron chi connectivity index (χ0n) is 15.4. The van der Waals surface area contributed by atoms with Gasteiger partial charge in [-0.3, -0.25) is 0 Å². The van der Waals surface area contributed by atoms with Crippen LogP contribution < -0.4 is 0 Å². The molecule has 4 bridgehead atoms. The summed E-state index contributed by atoms with van der Waals surface area (Å²) in [5.74, 6) is -3.40. The van der Waals surface area contributed by atoms with E-state index in [1.807, 2.05) is 0 Å². The molecular weight excluding hydrogens is 336 g/mol. The van der Waals surface area contributed by atoms with Gasteiger partial charge in [0.2, 0.25) is 5.79 Å². The van der Waals surface area contributed by atoms with Crippen LogP contribution >= 0.6 is 0 Å². The monoisotopic (exact) mass is 366 g/mol. The Morgan fingerprint density at radius 2 is 1.73 bits per heavy atom. The molecule has 0 radical (unpaired) electrons. The minimum Gasteiger partial charge on any atom is -0.393 e. The molecule has 5 N–H and O–H groups in total. The summed E-state index contributed by atoms with van der Waals surface area (Å²) in [6.07, 6.45) is -1.41. The Hall–Kier alpha value is -0.500. The third-order valence-corrected chi connectivity index (χ3v) is 8.99. The van der Waals surface area contributed by atoms with E-state index in [1.165, 1.54) is 0 Å². The van der Waals surface area contributed by atoms with Crippen LogP contribution in [0.3, 0.4) is 0 Å². The van der Waals surface area contributed by atoms with E-state index in [9.17, 15) is 25.5 Å². The van der Waals surface area contributed by atoms with E-state index in [4.69, 9.17) is 4.74 Å². The quantitative estimate of drug-likeness (QED) is 0.391. The predicted molar refractivity (Wildman–Crippen MR) is 91.7 cm³/mol. The maximum Gasteiger partial charge on any atom is 0.203 e. The first-order chi connectivity index (χ1) is 12.1. The Labute approximate surface area is 153 Å². The lowest BCUT2D eigenvalue weighted by atomic mass is 9.35. The van der Waals surface area contributed by atoms with E-state index < -0.39 is 52.9 Å². The molecule has 0 aromatic rings. The summed E-state index contributed by atoms with van der Waals surface area (Å²) in [7, 11) is 0. The SMILES string of the molecule is C=C1[C@@H](O)[C@]23C(O)[C@H]1C[C@H](O)[C@H]2[C@]12CCCC(C)(C)[C@H]1[C@H](O)[C@@]3(O)OC2. The second-order valence-electron chi connectivity index (χ2n) is 10.2. The zero-order chi connectivity index (χ0) is 18.9. The Balaban J connectivity index is 1.80. The highest BCUT2D eigenvalue weighted by molar-refractivity contribution is 5.38. The maximum absolute atomic E-state index is 11.7. The molecule has 4 saturated carbocycles. The van der Waals surface area contributed by atoms with Crippen molar-refractivity contribution in [3.05, 3.63) is 12.2 Å². The van der Waals surface area contributed by atoms with Crippen LogP contribution in [0.15, 0.2) is 12.2 Å². The second-order valence-corrected chi connectivity index (χ2v) is 10.2. The van der Waals surface area contributed by atoms with Crippen LogP contribution in [0.4, 0.5) is 0 Å². The molecule has 6 fully saturated rings. The van der Waals surface area contributed by atoms with Gasteiger partial charge in [0, 0.05) is 23.2 Å². The normalized spacial score (nSPS) is 62.7. The van der Waals surface area contributed by atoms with Crippen LogP contribution in [0.25, 0.3) is 0 Å². The molecule has 2 spiro atoms. The van der Waals surface area contributed by atoms with Crippen LogP contribution in [0.2, 0.25) is 0 Å². The summed E-state index contributed by atoms with van der Waals surface area (Å²) in [5.41, 5.74) is -1.92. The van der Waals surface area contributed by atoms with Crippen LogP contribution in [-0.4, -0.2) is 62.3 Å². The first kappa shape index (κ1) is 17.6. The number of aliphatic hydroxyl groups excluding tert-OH is 4. The molecule has 0 amide bonds. The molecule has 6 rings (SSSR count). The summed E-state index contributed by atoms with van der Waals surface area (Å²) in [6.45, 7) is 8.37. The summed E-state index contributed by atoms with van der Waals surface area (Å²) in [6, 6.07) is 0. The van der Waals surface area contributed by atoms with E-state index in [1.54, 1.807) is 0 Å². The van der Waals surface area contributed by atoms with Gasteiger partial charge in [0.05, 0.1) is 30.3 Å². The van der Waals surface area contributed by atoms with E-state index in [0.29, 0.717) is 12.0 Å². The Morgan fingerprint density at radius 3 is 2.42 bits per heavy atom. The molecule has 1 unspecified atom stereocenters. The molecule has 0 aromatic carbocycles. The van der Waals surface area contributed by atoms with Gasteiger partial charge in [-0.05, 0) is 30.3 Å². The first-order valence-electron chi connectivity index (χ1n) is 9.83. The van der Waals surface area contributed by atoms with Crippen molar-refractivity contribution >= 4 is 0 Å². The molecule has 146 valence electrons. The van der Waals surface area contributed by atoms with E-state index in [0.717, 1.165) is 19.3 Å². The van der Waals surface area contributed by atoms with Gasteiger partial charge in [0.1, 0.15) is 6.10 Å². The van der Waals surface area contributed by atoms with Gasteiger partial charge in [-0.1, -0.05) is 26.8 Å². The van der Waals surface area contributed by atoms with Gasteiger partial charge in [0.15, 0.2) is 0 Å². The highest BCUT2D eigenvalue weighted by Crippen LogP contribution is 2.77. The topological polar surface area (TPSA) is 110 Å². The third-order valence-electron chi connectivity index (χ3n) is 8.99. The second kappa shape index (κ2) is 4.73. The van der Waals surface area contributed by atoms with Crippen molar-refractivity contribution in [2.75, 3.05) is 6.61 Å². The minimum atomic E-state index is -2.10. The molecule has 2 saturated heterocycles. The average molecular weight is 366 g/mol. The van der Waals surface area contributed by atoms with Crippen molar-refractivity contribution in [3.8, 4) is 0 Å². The standard InChI is InChI=1S/C20H30O6/c1-9-10-7-11(21)12-18-6-4-5-17(2,3)13(18)16(24)20(25,26-8-18)19(12,14(9)22)15(10)23/h10-16,21-25H,1,4-8H2,2-3H3/t10-,11-,12-,13+,14+,15?,16-,18+,19-,20+/m0/s1. The van der Waals surface area contributed by atoms with Crippen molar-refractivity contribution in [2.24, 2.45) is 34.0 Å². The zero-order valence-corrected chi connectivity index (χ0v) is 15.4. The van der Waals surface area contributed by atoms with Crippen molar-refractivity contribution in [2.45, 2.75) is 69.7 Å². The molecule has 0 aromatic heterocycles. The van der Waals surface area contributed by atoms with E-state index in [-0.39, 0.29) is 17.9 Å². The highest BCUT2D eigenvalue weighted by atomic mass is 16.6. The summed E-state index contributed by atoms with van der Waals surface area (Å²) in [5, 5.41) is 56.5. The summed E-state index contributed by atoms with van der Waals surface area (Å²) < 4.78 is 5.89. The van der Waals surface area contributed by atoms with Gasteiger partial charge in [-0.15, -0.1) is 0 Å². The Bertz CT molecular complexity index is 677. The number of rotatable bonds is 0. The van der Waals surface area contributed by atoms with Crippen LogP contribution in [-0.2, 0) is 4.74 Å². The lowest BCUT2D eigenvalue weighted by Crippen LogP contribution is -2.85. The lowest BCUT2D eigenvalue weighted by Gasteiger charge is -2.75. The number of hydrogen-bond acceptors (Lipinski definition) is 6. The fourth-order valence-electron chi connectivity index (χ4n) is 8.29. The number of aliphatic hydroxyl groups is 5. The Morgan fingerprint density at radius 1 is 1.04 bits per heavy atom. The molecule has 10 atom stereocenters. The largest absolute Gasteiger partial charge is 0.393 e. The molecule has 6 aliphatic rings. The number of fused-ring (bicyclic) bond motifs is 2. The van der Waals surface area contributed by atoms with Gasteiger partial charge in [0.25, 0.3) is 0 Å². The van der Waals surface area contributed by atoms with E-state index in [2.05, 4.69) is 20.4 Å². The smallest absolute Gasteiger partial charge is 0.203 e. The highest BCUT2D eigenvalue weighted by Gasteiger charge is 2.86. The van der Waals surface area contributed by atoms with Crippen molar-refractivity contribution in [1.82, 2.24) is 0 Å². The average Bonchev–Trinajstić information content (AvgIpc) is 2.67. The molecule has 6 heteroatoms. The Kier molecular flexibility index (Phi) is 3.20. The fraction of sp³-hybridized carbons (Fsp3) is 0.900. The van der Waals surface area contributed by atoms with Crippen molar-refractivity contribution in [1.29, 1.82) is 0 Å². The van der Waals surface area contributed by atoms with Gasteiger partial charge in [-0.25, -0.2) is 0 Å². The molecule has 2 aliphatic heterocycles. The molecule has 2 heterocycles. The van der Waals surface area contributed by atoms with Crippen molar-refractivity contribution in [3.63, 3.8) is 0 Å². The number of ether oxygens (including phenoxy) is 1. The molecule has 26 heavy (non-hydrogen) atoms. The maximum atomic E-state index is 11.7. The fourth-order valence-corrected chi connectivity index (χ4v) is 8.29. The van der Waals surface area contributed by atoms with Crippen LogP contribution in [0.5, 0.6) is 0 Å². The first-order valence-corrected chi connectivity index (χ1v) is 9.83. The summed E-state index contributed by atoms with van der Waals surface area (Å²) in [4.78, 5) is 0. The number of hydrogen-bond donors (Lipinski definition) is 5. The van der Waals surface area contributed by atoms with Gasteiger partial charge < -0.3 is 30.3 Å².